The number of piperidine rings is 1. The van der Waals surface area contributed by atoms with Crippen molar-refractivity contribution < 1.29 is 13.2 Å². The summed E-state index contributed by atoms with van der Waals surface area (Å²) < 4.78 is 27.5. The van der Waals surface area contributed by atoms with Crippen molar-refractivity contribution in [1.82, 2.24) is 9.21 Å². The topological polar surface area (TPSA) is 69.7 Å². The summed E-state index contributed by atoms with van der Waals surface area (Å²) in [6, 6.07) is 12.6. The second-order valence-electron chi connectivity index (χ2n) is 8.15. The van der Waals surface area contributed by atoms with Crippen LogP contribution in [0.15, 0.2) is 47.4 Å². The van der Waals surface area contributed by atoms with Gasteiger partial charge in [0.25, 0.3) is 5.91 Å². The van der Waals surface area contributed by atoms with Crippen LogP contribution in [0.1, 0.15) is 40.7 Å². The second kappa shape index (κ2) is 9.73. The van der Waals surface area contributed by atoms with Gasteiger partial charge in [0, 0.05) is 30.9 Å². The van der Waals surface area contributed by atoms with Crippen LogP contribution in [0.4, 0.5) is 5.69 Å². The molecule has 1 saturated heterocycles. The second-order valence-corrected chi connectivity index (χ2v) is 10.1. The van der Waals surface area contributed by atoms with Crippen molar-refractivity contribution in [2.75, 3.05) is 39.0 Å². The van der Waals surface area contributed by atoms with Crippen LogP contribution in [-0.2, 0) is 16.4 Å². The lowest BCUT2D eigenvalue weighted by molar-refractivity contribution is 0.102. The Bertz CT molecular complexity index is 979. The first-order valence-corrected chi connectivity index (χ1v) is 11.9. The maximum absolute atomic E-state index is 13.0. The number of hydrogen-bond acceptors (Lipinski definition) is 4. The standard InChI is InChI=1S/C23H31N3O3S/c1-18-7-12-21(30(28,29)26-14-5-4-6-15-26)17-22(18)23(27)24-20-10-8-19(9-11-20)13-16-25(2)3/h7-12,17H,4-6,13-16H2,1-3H3,(H,24,27). The molecule has 0 bridgehead atoms. The third kappa shape index (κ3) is 5.47. The van der Waals surface area contributed by atoms with Crippen LogP contribution < -0.4 is 5.32 Å². The van der Waals surface area contributed by atoms with Crippen molar-refractivity contribution in [3.8, 4) is 0 Å². The van der Waals surface area contributed by atoms with Crippen molar-refractivity contribution in [3.05, 3.63) is 59.2 Å². The number of nitrogens with one attached hydrogen (secondary N) is 1. The highest BCUT2D eigenvalue weighted by atomic mass is 32.2. The Labute approximate surface area is 179 Å². The van der Waals surface area contributed by atoms with Gasteiger partial charge in [-0.05, 0) is 75.7 Å². The minimum atomic E-state index is -3.58. The average molecular weight is 430 g/mol. The monoisotopic (exact) mass is 429 g/mol. The molecule has 1 heterocycles. The number of amides is 1. The van der Waals surface area contributed by atoms with E-state index < -0.39 is 10.0 Å². The number of rotatable bonds is 7. The predicted octanol–water partition coefficient (Wildman–Crippen LogP) is 3.53. The molecule has 0 atom stereocenters. The van der Waals surface area contributed by atoms with E-state index in [1.807, 2.05) is 45.3 Å². The molecule has 0 saturated carbocycles. The van der Waals surface area contributed by atoms with Crippen LogP contribution in [0.3, 0.4) is 0 Å². The van der Waals surface area contributed by atoms with E-state index in [-0.39, 0.29) is 10.8 Å². The van der Waals surface area contributed by atoms with Crippen LogP contribution in [0.25, 0.3) is 0 Å². The number of nitrogens with zero attached hydrogens (tertiary/aromatic N) is 2. The van der Waals surface area contributed by atoms with E-state index in [1.165, 1.54) is 15.9 Å². The Morgan fingerprint density at radius 2 is 1.70 bits per heavy atom. The van der Waals surface area contributed by atoms with Crippen molar-refractivity contribution in [2.45, 2.75) is 37.5 Å². The Morgan fingerprint density at radius 3 is 2.33 bits per heavy atom. The third-order valence-corrected chi connectivity index (χ3v) is 7.36. The molecule has 2 aromatic rings. The largest absolute Gasteiger partial charge is 0.322 e. The Kier molecular flexibility index (Phi) is 7.28. The van der Waals surface area contributed by atoms with Crippen molar-refractivity contribution >= 4 is 21.6 Å². The summed E-state index contributed by atoms with van der Waals surface area (Å²) >= 11 is 0. The van der Waals surface area contributed by atoms with E-state index in [1.54, 1.807) is 12.1 Å². The molecule has 1 fully saturated rings. The Morgan fingerprint density at radius 1 is 1.03 bits per heavy atom. The number of carbonyl (C=O) groups excluding carboxylic acids is 1. The molecule has 3 rings (SSSR count). The lowest BCUT2D eigenvalue weighted by Crippen LogP contribution is -2.35. The number of likely N-dealkylation sites (N-methyl/N-ethyl adjacent to an activating group) is 1. The molecule has 162 valence electrons. The van der Waals surface area contributed by atoms with E-state index in [2.05, 4.69) is 10.2 Å². The van der Waals surface area contributed by atoms with Crippen LogP contribution in [0.2, 0.25) is 0 Å². The van der Waals surface area contributed by atoms with Crippen LogP contribution in [-0.4, -0.2) is 57.3 Å². The summed E-state index contributed by atoms with van der Waals surface area (Å²) in [5, 5.41) is 2.89. The van der Waals surface area contributed by atoms with E-state index >= 15 is 0 Å². The van der Waals surface area contributed by atoms with Gasteiger partial charge in [-0.2, -0.15) is 4.31 Å². The molecule has 0 unspecified atom stereocenters. The molecule has 1 aliphatic rings. The van der Waals surface area contributed by atoms with E-state index in [0.29, 0.717) is 24.3 Å². The SMILES string of the molecule is Cc1ccc(S(=O)(=O)N2CCCCC2)cc1C(=O)Nc1ccc(CCN(C)C)cc1. The molecular weight excluding hydrogens is 398 g/mol. The zero-order chi connectivity index (χ0) is 21.7. The molecule has 7 heteroatoms. The summed E-state index contributed by atoms with van der Waals surface area (Å²) in [5.74, 6) is -0.302. The first-order chi connectivity index (χ1) is 14.3. The Hall–Kier alpha value is -2.22. The molecular formula is C23H31N3O3S. The number of aryl methyl sites for hydroxylation is 1. The number of anilines is 1. The molecule has 2 aromatic carbocycles. The first-order valence-electron chi connectivity index (χ1n) is 10.4. The molecule has 1 N–H and O–H groups in total. The highest BCUT2D eigenvalue weighted by Gasteiger charge is 2.27. The van der Waals surface area contributed by atoms with Gasteiger partial charge < -0.3 is 10.2 Å². The maximum atomic E-state index is 13.0. The molecule has 0 aliphatic carbocycles. The highest BCUT2D eigenvalue weighted by molar-refractivity contribution is 7.89. The van der Waals surface area contributed by atoms with Crippen molar-refractivity contribution in [1.29, 1.82) is 0 Å². The summed E-state index contributed by atoms with van der Waals surface area (Å²) in [6.07, 6.45) is 3.75. The number of carbonyl (C=O) groups is 1. The van der Waals surface area contributed by atoms with Gasteiger partial charge in [-0.25, -0.2) is 8.42 Å². The smallest absolute Gasteiger partial charge is 0.255 e. The number of sulfonamides is 1. The quantitative estimate of drug-likeness (QED) is 0.731. The zero-order valence-corrected chi connectivity index (χ0v) is 18.8. The van der Waals surface area contributed by atoms with Gasteiger partial charge >= 0.3 is 0 Å². The normalized spacial score (nSPS) is 15.3. The minimum absolute atomic E-state index is 0.180. The fourth-order valence-corrected chi connectivity index (χ4v) is 5.11. The van der Waals surface area contributed by atoms with E-state index in [9.17, 15) is 13.2 Å². The van der Waals surface area contributed by atoms with Gasteiger partial charge in [-0.15, -0.1) is 0 Å². The molecule has 0 aromatic heterocycles. The predicted molar refractivity (Wildman–Crippen MR) is 120 cm³/mol. The minimum Gasteiger partial charge on any atom is -0.322 e. The molecule has 30 heavy (non-hydrogen) atoms. The molecule has 0 radical (unpaired) electrons. The van der Waals surface area contributed by atoms with Crippen LogP contribution >= 0.6 is 0 Å². The van der Waals surface area contributed by atoms with Gasteiger partial charge in [-0.3, -0.25) is 4.79 Å². The van der Waals surface area contributed by atoms with E-state index in [4.69, 9.17) is 0 Å². The van der Waals surface area contributed by atoms with Gasteiger partial charge in [0.2, 0.25) is 10.0 Å². The highest BCUT2D eigenvalue weighted by Crippen LogP contribution is 2.23. The van der Waals surface area contributed by atoms with Crippen molar-refractivity contribution in [2.24, 2.45) is 0 Å². The molecule has 1 amide bonds. The van der Waals surface area contributed by atoms with Gasteiger partial charge in [0.05, 0.1) is 4.90 Å². The number of benzene rings is 2. The summed E-state index contributed by atoms with van der Waals surface area (Å²) in [7, 11) is 0.499. The van der Waals surface area contributed by atoms with Gasteiger partial charge in [0.15, 0.2) is 0 Å². The third-order valence-electron chi connectivity index (χ3n) is 5.47. The lowest BCUT2D eigenvalue weighted by atomic mass is 10.1. The van der Waals surface area contributed by atoms with Gasteiger partial charge in [0.1, 0.15) is 0 Å². The summed E-state index contributed by atoms with van der Waals surface area (Å²) in [6.45, 7) is 3.86. The Balaban J connectivity index is 1.75. The zero-order valence-electron chi connectivity index (χ0n) is 18.0. The van der Waals surface area contributed by atoms with Crippen LogP contribution in [0, 0.1) is 6.92 Å². The summed E-state index contributed by atoms with van der Waals surface area (Å²) in [4.78, 5) is 15.2. The summed E-state index contributed by atoms with van der Waals surface area (Å²) in [5.41, 5.74) is 3.02. The maximum Gasteiger partial charge on any atom is 0.255 e. The average Bonchev–Trinajstić information content (AvgIpc) is 2.74. The van der Waals surface area contributed by atoms with Crippen LogP contribution in [0.5, 0.6) is 0 Å². The molecule has 6 nitrogen and oxygen atoms in total. The lowest BCUT2D eigenvalue weighted by Gasteiger charge is -2.26. The first kappa shape index (κ1) is 22.5. The molecule has 0 spiro atoms. The number of hydrogen-bond donors (Lipinski definition) is 1. The van der Waals surface area contributed by atoms with Gasteiger partial charge in [-0.1, -0.05) is 24.6 Å². The molecule has 1 aliphatic heterocycles. The van der Waals surface area contributed by atoms with Crippen molar-refractivity contribution in [3.63, 3.8) is 0 Å². The fourth-order valence-electron chi connectivity index (χ4n) is 3.57. The van der Waals surface area contributed by atoms with E-state index in [0.717, 1.165) is 37.8 Å². The fraction of sp³-hybridized carbons (Fsp3) is 0.435.